The first-order chi connectivity index (χ1) is 14.0. The minimum Gasteiger partial charge on any atom is -0.481 e. The smallest absolute Gasteiger partial charge is 0.334 e. The molecule has 2 atom stereocenters. The van der Waals surface area contributed by atoms with E-state index in [0.29, 0.717) is 11.4 Å². The van der Waals surface area contributed by atoms with E-state index in [1.54, 1.807) is 24.9 Å². The zero-order chi connectivity index (χ0) is 20.8. The number of benzene rings is 2. The molecule has 3 rings (SSSR count). The molecule has 3 aromatic rings. The Morgan fingerprint density at radius 1 is 1.03 bits per heavy atom. The maximum absolute atomic E-state index is 12.6. The molecule has 1 heterocycles. The Morgan fingerprint density at radius 3 is 2.28 bits per heavy atom. The molecule has 1 amide bonds. The summed E-state index contributed by atoms with van der Waals surface area (Å²) in [7, 11) is 3.00. The summed E-state index contributed by atoms with van der Waals surface area (Å²) in [4.78, 5) is 28.7. The topological polar surface area (TPSA) is 82.4 Å². The molecule has 0 aliphatic heterocycles. The lowest BCUT2D eigenvalue weighted by molar-refractivity contribution is -0.146. The summed E-state index contributed by atoms with van der Waals surface area (Å²) < 4.78 is 12.2. The molecule has 0 saturated carbocycles. The van der Waals surface area contributed by atoms with Crippen LogP contribution in [0.4, 0.5) is 0 Å². The van der Waals surface area contributed by atoms with Gasteiger partial charge in [-0.05, 0) is 30.2 Å². The average Bonchev–Trinajstić information content (AvgIpc) is 3.18. The van der Waals surface area contributed by atoms with Crippen molar-refractivity contribution in [3.63, 3.8) is 0 Å². The van der Waals surface area contributed by atoms with Crippen LogP contribution in [0, 0.1) is 0 Å². The number of nitrogens with zero attached hydrogens (tertiary/aromatic N) is 2. The average molecular weight is 393 g/mol. The van der Waals surface area contributed by atoms with Gasteiger partial charge in [-0.15, -0.1) is 0 Å². The van der Waals surface area contributed by atoms with Crippen molar-refractivity contribution in [1.82, 2.24) is 14.9 Å². The second-order valence-corrected chi connectivity index (χ2v) is 6.54. The molecule has 1 aromatic heterocycles. The summed E-state index contributed by atoms with van der Waals surface area (Å²) >= 11 is 0. The van der Waals surface area contributed by atoms with Crippen molar-refractivity contribution in [3.8, 4) is 16.9 Å². The molecule has 150 valence electrons. The Labute approximate surface area is 169 Å². The third kappa shape index (κ3) is 4.82. The number of ether oxygens (including phenoxy) is 2. The predicted molar refractivity (Wildman–Crippen MR) is 108 cm³/mol. The van der Waals surface area contributed by atoms with Gasteiger partial charge < -0.3 is 19.4 Å². The molecule has 0 saturated heterocycles. The quantitative estimate of drug-likeness (QED) is 0.624. The number of aromatic nitrogens is 2. The van der Waals surface area contributed by atoms with E-state index in [1.807, 2.05) is 54.6 Å². The Bertz CT molecular complexity index is 967. The molecule has 0 unspecified atom stereocenters. The van der Waals surface area contributed by atoms with Gasteiger partial charge in [0.25, 0.3) is 5.91 Å². The Balaban J connectivity index is 1.66. The number of hydrogen-bond donors (Lipinski definition) is 1. The molecule has 0 fully saturated rings. The van der Waals surface area contributed by atoms with Crippen LogP contribution in [0.3, 0.4) is 0 Å². The van der Waals surface area contributed by atoms with E-state index in [1.165, 1.54) is 13.3 Å². The highest BCUT2D eigenvalue weighted by atomic mass is 16.5. The minimum atomic E-state index is -0.966. The van der Waals surface area contributed by atoms with Crippen LogP contribution in [0.25, 0.3) is 11.1 Å². The van der Waals surface area contributed by atoms with Gasteiger partial charge in [-0.25, -0.2) is 9.78 Å². The summed E-state index contributed by atoms with van der Waals surface area (Å²) in [5.74, 6) is -0.461. The molecular weight excluding hydrogens is 370 g/mol. The number of aryl methyl sites for hydroxylation is 1. The molecule has 7 heteroatoms. The number of nitrogens with one attached hydrogen (secondary N) is 1. The Kier molecular flexibility index (Phi) is 6.29. The fourth-order valence-corrected chi connectivity index (χ4v) is 2.89. The van der Waals surface area contributed by atoms with E-state index in [4.69, 9.17) is 9.47 Å². The van der Waals surface area contributed by atoms with E-state index in [-0.39, 0.29) is 0 Å². The van der Waals surface area contributed by atoms with Gasteiger partial charge in [0.15, 0.2) is 12.1 Å². The highest BCUT2D eigenvalue weighted by molar-refractivity contribution is 5.87. The number of carbonyl (C=O) groups is 2. The highest BCUT2D eigenvalue weighted by Gasteiger charge is 2.28. The number of methoxy groups -OCH3 is 1. The fourth-order valence-electron chi connectivity index (χ4n) is 2.89. The molecule has 29 heavy (non-hydrogen) atoms. The lowest BCUT2D eigenvalue weighted by Crippen LogP contribution is -2.42. The zero-order valence-electron chi connectivity index (χ0n) is 16.5. The van der Waals surface area contributed by atoms with Crippen molar-refractivity contribution in [2.75, 3.05) is 7.11 Å². The summed E-state index contributed by atoms with van der Waals surface area (Å²) in [5.41, 5.74) is 2.67. The minimum absolute atomic E-state index is 0.436. The number of carbonyl (C=O) groups excluding carboxylic acids is 2. The van der Waals surface area contributed by atoms with Gasteiger partial charge in [-0.3, -0.25) is 4.79 Å². The SMILES string of the molecule is COC(=O)[C@@H](NC(=O)[C@@H](C)Oc1ccc(-c2ccccc2)cc1)c1cncn1C. The lowest BCUT2D eigenvalue weighted by atomic mass is 10.1. The Morgan fingerprint density at radius 2 is 1.69 bits per heavy atom. The molecule has 0 aliphatic carbocycles. The van der Waals surface area contributed by atoms with Crippen molar-refractivity contribution >= 4 is 11.9 Å². The second kappa shape index (κ2) is 9.05. The predicted octanol–water partition coefficient (Wildman–Crippen LogP) is 2.88. The van der Waals surface area contributed by atoms with Crippen LogP contribution in [0.1, 0.15) is 18.7 Å². The van der Waals surface area contributed by atoms with E-state index >= 15 is 0 Å². The van der Waals surface area contributed by atoms with Gasteiger partial charge in [0.2, 0.25) is 0 Å². The number of esters is 1. The van der Waals surface area contributed by atoms with E-state index in [2.05, 4.69) is 10.3 Å². The van der Waals surface area contributed by atoms with Gasteiger partial charge in [-0.1, -0.05) is 42.5 Å². The first kappa shape index (κ1) is 20.1. The highest BCUT2D eigenvalue weighted by Crippen LogP contribution is 2.23. The van der Waals surface area contributed by atoms with Gasteiger partial charge in [0, 0.05) is 7.05 Å². The van der Waals surface area contributed by atoms with Crippen LogP contribution in [-0.4, -0.2) is 34.6 Å². The van der Waals surface area contributed by atoms with Gasteiger partial charge in [0.1, 0.15) is 5.75 Å². The molecule has 1 N–H and O–H groups in total. The summed E-state index contributed by atoms with van der Waals surface area (Å²) in [6.45, 7) is 1.62. The van der Waals surface area contributed by atoms with E-state index in [9.17, 15) is 9.59 Å². The summed E-state index contributed by atoms with van der Waals surface area (Å²) in [6, 6.07) is 16.5. The lowest BCUT2D eigenvalue weighted by Gasteiger charge is -2.20. The van der Waals surface area contributed by atoms with Crippen LogP contribution in [0.5, 0.6) is 5.75 Å². The second-order valence-electron chi connectivity index (χ2n) is 6.54. The number of hydrogen-bond acceptors (Lipinski definition) is 5. The molecule has 7 nitrogen and oxygen atoms in total. The molecule has 0 spiro atoms. The van der Waals surface area contributed by atoms with Gasteiger partial charge in [0.05, 0.1) is 25.3 Å². The maximum Gasteiger partial charge on any atom is 0.334 e. The van der Waals surface area contributed by atoms with Crippen LogP contribution in [0.15, 0.2) is 67.1 Å². The fraction of sp³-hybridized carbons (Fsp3) is 0.227. The van der Waals surface area contributed by atoms with Crippen molar-refractivity contribution in [1.29, 1.82) is 0 Å². The van der Waals surface area contributed by atoms with Crippen molar-refractivity contribution in [3.05, 3.63) is 72.8 Å². The molecule has 0 aliphatic rings. The third-order valence-corrected chi connectivity index (χ3v) is 4.52. The van der Waals surface area contributed by atoms with Gasteiger partial charge in [-0.2, -0.15) is 0 Å². The first-order valence-electron chi connectivity index (χ1n) is 9.16. The van der Waals surface area contributed by atoms with Crippen molar-refractivity contribution < 1.29 is 19.1 Å². The van der Waals surface area contributed by atoms with Crippen LogP contribution in [-0.2, 0) is 21.4 Å². The molecule has 0 bridgehead atoms. The maximum atomic E-state index is 12.6. The first-order valence-corrected chi connectivity index (χ1v) is 9.16. The number of imidazole rings is 1. The monoisotopic (exact) mass is 393 g/mol. The largest absolute Gasteiger partial charge is 0.481 e. The number of amides is 1. The number of rotatable bonds is 7. The van der Waals surface area contributed by atoms with Crippen molar-refractivity contribution in [2.24, 2.45) is 7.05 Å². The van der Waals surface area contributed by atoms with Crippen LogP contribution < -0.4 is 10.1 Å². The summed E-state index contributed by atoms with van der Waals surface area (Å²) in [5, 5.41) is 2.67. The standard InChI is InChI=1S/C22H23N3O4/c1-15(21(26)24-20(22(27)28-3)19-13-23-14-25(19)2)29-18-11-9-17(10-12-18)16-7-5-4-6-8-16/h4-15,20H,1-3H3,(H,24,26)/t15-,20+/m1/s1. The Hall–Kier alpha value is -3.61. The molecule has 2 aromatic carbocycles. The molecular formula is C22H23N3O4. The summed E-state index contributed by atoms with van der Waals surface area (Å²) in [6.07, 6.45) is 2.25. The zero-order valence-corrected chi connectivity index (χ0v) is 16.5. The van der Waals surface area contributed by atoms with Crippen LogP contribution >= 0.6 is 0 Å². The van der Waals surface area contributed by atoms with Crippen LogP contribution in [0.2, 0.25) is 0 Å². The van der Waals surface area contributed by atoms with Gasteiger partial charge >= 0.3 is 5.97 Å². The van der Waals surface area contributed by atoms with E-state index in [0.717, 1.165) is 11.1 Å². The molecule has 0 radical (unpaired) electrons. The normalized spacial score (nSPS) is 12.7. The third-order valence-electron chi connectivity index (χ3n) is 4.52. The van der Waals surface area contributed by atoms with E-state index < -0.39 is 24.0 Å². The van der Waals surface area contributed by atoms with Crippen molar-refractivity contribution in [2.45, 2.75) is 19.1 Å².